The van der Waals surface area contributed by atoms with Gasteiger partial charge in [-0.25, -0.2) is 0 Å². The highest BCUT2D eigenvalue weighted by Gasteiger charge is 2.03. The Morgan fingerprint density at radius 1 is 1.45 bits per heavy atom. The summed E-state index contributed by atoms with van der Waals surface area (Å²) in [5.41, 5.74) is 7.01. The second-order valence-electron chi connectivity index (χ2n) is 2.41. The van der Waals surface area contributed by atoms with Gasteiger partial charge in [0.05, 0.1) is 5.69 Å². The molecule has 0 atom stereocenters. The van der Waals surface area contributed by atoms with Crippen LogP contribution in [0.15, 0.2) is 24.3 Å². The van der Waals surface area contributed by atoms with Gasteiger partial charge in [0.25, 0.3) is 0 Å². The largest absolute Gasteiger partial charge is 0.433 e. The minimum atomic E-state index is -0.570. The van der Waals surface area contributed by atoms with Crippen LogP contribution in [0.25, 0.3) is 0 Å². The first-order chi connectivity index (χ1) is 5.20. The van der Waals surface area contributed by atoms with Crippen molar-refractivity contribution >= 4 is 18.4 Å². The summed E-state index contributed by atoms with van der Waals surface area (Å²) in [6.07, 6.45) is 0. The lowest BCUT2D eigenvalue weighted by Crippen LogP contribution is -2.20. The summed E-state index contributed by atoms with van der Waals surface area (Å²) < 4.78 is 0. The van der Waals surface area contributed by atoms with E-state index in [4.69, 9.17) is 10.8 Å². The maximum absolute atomic E-state index is 8.96. The third kappa shape index (κ3) is 2.16. The molecule has 58 valence electrons. The Labute approximate surface area is 66.4 Å². The van der Waals surface area contributed by atoms with Gasteiger partial charge in [-0.05, 0) is 19.0 Å². The number of anilines is 2. The number of nitrogens with one attached hydrogen (secondary N) is 1. The zero-order chi connectivity index (χ0) is 8.27. The van der Waals surface area contributed by atoms with Crippen LogP contribution < -0.4 is 11.0 Å². The molecule has 1 aromatic rings. The molecule has 0 aromatic heterocycles. The summed E-state index contributed by atoms with van der Waals surface area (Å²) in [6, 6.07) is 7.32. The fraction of sp³-hybridized carbons (Fsp3) is 0.143. The molecule has 0 radical (unpaired) electrons. The minimum absolute atomic E-state index is 0.570. The number of benzene rings is 1. The molecule has 0 fully saturated rings. The molecule has 1 rings (SSSR count). The molecule has 0 bridgehead atoms. The van der Waals surface area contributed by atoms with E-state index in [-0.39, 0.29) is 0 Å². The molecule has 0 spiro atoms. The second kappa shape index (κ2) is 3.30. The van der Waals surface area contributed by atoms with Gasteiger partial charge in [-0.3, -0.25) is 0 Å². The highest BCUT2D eigenvalue weighted by Crippen LogP contribution is 2.16. The minimum Gasteiger partial charge on any atom is -0.433 e. The number of nitrogens with two attached hydrogens (primary N) is 1. The molecule has 4 heteroatoms. The first-order valence-corrected chi connectivity index (χ1v) is 3.49. The van der Waals surface area contributed by atoms with Gasteiger partial charge in [0.1, 0.15) is 0 Å². The molecule has 0 aliphatic carbocycles. The normalized spacial score (nSPS) is 9.27. The van der Waals surface area contributed by atoms with Crippen molar-refractivity contribution in [3.63, 3.8) is 0 Å². The summed E-state index contributed by atoms with van der Waals surface area (Å²) in [7, 11) is -0.570. The number of nitrogen functional groups attached to an aromatic ring is 1. The Hall–Kier alpha value is -1.16. The smallest absolute Gasteiger partial charge is 0.406 e. The van der Waals surface area contributed by atoms with Gasteiger partial charge in [-0.1, -0.05) is 12.1 Å². The van der Waals surface area contributed by atoms with Crippen LogP contribution in [0.2, 0.25) is 6.82 Å². The first-order valence-electron chi connectivity index (χ1n) is 3.49. The monoisotopic (exact) mass is 150 g/mol. The quantitative estimate of drug-likeness (QED) is 0.431. The van der Waals surface area contributed by atoms with E-state index >= 15 is 0 Å². The van der Waals surface area contributed by atoms with Gasteiger partial charge in [0.2, 0.25) is 0 Å². The van der Waals surface area contributed by atoms with E-state index in [0.29, 0.717) is 5.69 Å². The van der Waals surface area contributed by atoms with Crippen LogP contribution in [0, 0.1) is 0 Å². The van der Waals surface area contributed by atoms with E-state index in [1.165, 1.54) is 0 Å². The first kappa shape index (κ1) is 7.95. The fourth-order valence-corrected chi connectivity index (χ4v) is 0.853. The average molecular weight is 150 g/mol. The molecular formula is C7H11BN2O. The Kier molecular flexibility index (Phi) is 2.38. The van der Waals surface area contributed by atoms with Crippen LogP contribution in [0.3, 0.4) is 0 Å². The number of hydrogen-bond donors (Lipinski definition) is 3. The van der Waals surface area contributed by atoms with E-state index in [1.807, 2.05) is 18.2 Å². The molecule has 0 aliphatic heterocycles. The van der Waals surface area contributed by atoms with Crippen LogP contribution >= 0.6 is 0 Å². The Balaban J connectivity index is 2.78. The lowest BCUT2D eigenvalue weighted by atomic mass is 9.88. The third-order valence-electron chi connectivity index (χ3n) is 1.33. The Bertz CT molecular complexity index is 240. The van der Waals surface area contributed by atoms with Gasteiger partial charge in [-0.15, -0.1) is 0 Å². The van der Waals surface area contributed by atoms with Crippen molar-refractivity contribution in [3.8, 4) is 0 Å². The van der Waals surface area contributed by atoms with Crippen molar-refractivity contribution in [2.45, 2.75) is 6.82 Å². The van der Waals surface area contributed by atoms with Gasteiger partial charge in [-0.2, -0.15) is 0 Å². The van der Waals surface area contributed by atoms with Crippen LogP contribution in [-0.2, 0) is 0 Å². The maximum Gasteiger partial charge on any atom is 0.406 e. The van der Waals surface area contributed by atoms with E-state index in [2.05, 4.69) is 5.23 Å². The molecule has 0 aliphatic rings. The summed E-state index contributed by atoms with van der Waals surface area (Å²) in [5, 5.41) is 11.8. The van der Waals surface area contributed by atoms with Crippen LogP contribution in [0.4, 0.5) is 11.4 Å². The molecular weight excluding hydrogens is 139 g/mol. The number of rotatable bonds is 2. The summed E-state index contributed by atoms with van der Waals surface area (Å²) in [6.45, 7) is 1.65. The van der Waals surface area contributed by atoms with Crippen molar-refractivity contribution in [3.05, 3.63) is 24.3 Å². The number of hydrogen-bond acceptors (Lipinski definition) is 3. The molecule has 11 heavy (non-hydrogen) atoms. The fourth-order valence-electron chi connectivity index (χ4n) is 0.853. The molecule has 0 saturated heterocycles. The molecule has 0 saturated carbocycles. The van der Waals surface area contributed by atoms with Gasteiger partial charge >= 0.3 is 7.05 Å². The zero-order valence-electron chi connectivity index (χ0n) is 6.41. The van der Waals surface area contributed by atoms with E-state index < -0.39 is 7.05 Å². The molecule has 4 N–H and O–H groups in total. The predicted octanol–water partition coefficient (Wildman–Crippen LogP) is 0.791. The molecule has 0 heterocycles. The second-order valence-corrected chi connectivity index (χ2v) is 2.41. The molecule has 3 nitrogen and oxygen atoms in total. The van der Waals surface area contributed by atoms with Crippen molar-refractivity contribution in [1.29, 1.82) is 0 Å². The van der Waals surface area contributed by atoms with Crippen molar-refractivity contribution in [1.82, 2.24) is 0 Å². The lowest BCUT2D eigenvalue weighted by Gasteiger charge is -2.07. The SMILES string of the molecule is CB(O)Nc1ccccc1N. The van der Waals surface area contributed by atoms with Gasteiger partial charge < -0.3 is 16.0 Å². The van der Waals surface area contributed by atoms with Crippen molar-refractivity contribution in [2.24, 2.45) is 0 Å². The molecule has 0 amide bonds. The van der Waals surface area contributed by atoms with E-state index in [1.54, 1.807) is 12.9 Å². The van der Waals surface area contributed by atoms with E-state index in [9.17, 15) is 0 Å². The Morgan fingerprint density at radius 3 is 2.64 bits per heavy atom. The zero-order valence-corrected chi connectivity index (χ0v) is 6.41. The van der Waals surface area contributed by atoms with Crippen LogP contribution in [-0.4, -0.2) is 12.1 Å². The van der Waals surface area contributed by atoms with Crippen molar-refractivity contribution < 1.29 is 5.02 Å². The standard InChI is InChI=1S/C7H11BN2O/c1-8(11)10-7-5-3-2-4-6(7)9/h2-5,10-11H,9H2,1H3. The highest BCUT2D eigenvalue weighted by molar-refractivity contribution is 6.53. The highest BCUT2D eigenvalue weighted by atomic mass is 16.2. The molecule has 0 unspecified atom stereocenters. The third-order valence-corrected chi connectivity index (χ3v) is 1.33. The van der Waals surface area contributed by atoms with Crippen molar-refractivity contribution in [2.75, 3.05) is 11.0 Å². The van der Waals surface area contributed by atoms with Gasteiger partial charge in [0, 0.05) is 5.69 Å². The van der Waals surface area contributed by atoms with Crippen LogP contribution in [0.5, 0.6) is 0 Å². The summed E-state index contributed by atoms with van der Waals surface area (Å²) >= 11 is 0. The van der Waals surface area contributed by atoms with E-state index in [0.717, 1.165) is 5.69 Å². The van der Waals surface area contributed by atoms with Gasteiger partial charge in [0.15, 0.2) is 0 Å². The topological polar surface area (TPSA) is 58.3 Å². The maximum atomic E-state index is 8.96. The number of para-hydroxylation sites is 2. The average Bonchev–Trinajstić information content (AvgIpc) is 1.93. The van der Waals surface area contributed by atoms with Crippen LogP contribution in [0.1, 0.15) is 0 Å². The molecule has 1 aromatic carbocycles. The summed E-state index contributed by atoms with van der Waals surface area (Å²) in [4.78, 5) is 0. The lowest BCUT2D eigenvalue weighted by molar-refractivity contribution is 0.587. The predicted molar refractivity (Wildman–Crippen MR) is 48.3 cm³/mol. The Morgan fingerprint density at radius 2 is 2.09 bits per heavy atom. The summed E-state index contributed by atoms with van der Waals surface area (Å²) in [5.74, 6) is 0.